The van der Waals surface area contributed by atoms with Crippen molar-refractivity contribution in [1.82, 2.24) is 5.32 Å². The number of amides is 4. The Hall–Kier alpha value is -4.69. The molecular weight excluding hydrogens is 560 g/mol. The van der Waals surface area contributed by atoms with Gasteiger partial charge in [0.2, 0.25) is 0 Å². The predicted octanol–water partition coefficient (Wildman–Crippen LogP) is 6.27. The highest BCUT2D eigenvalue weighted by Crippen LogP contribution is 2.25. The molecule has 8 heteroatoms. The number of urea groups is 1. The molecule has 0 atom stereocenters. The molecule has 1 N–H and O–H groups in total. The lowest BCUT2D eigenvalue weighted by atomic mass is 10.1. The van der Waals surface area contributed by atoms with Crippen molar-refractivity contribution in [3.05, 3.63) is 130 Å². The summed E-state index contributed by atoms with van der Waals surface area (Å²) in [5.74, 6) is -0.232. The molecule has 7 nitrogen and oxygen atoms in total. The van der Waals surface area contributed by atoms with Crippen LogP contribution in [0.25, 0.3) is 6.08 Å². The van der Waals surface area contributed by atoms with Gasteiger partial charge in [0.15, 0.2) is 0 Å². The number of nitrogens with one attached hydrogen (secondary N) is 1. The summed E-state index contributed by atoms with van der Waals surface area (Å²) >= 11 is 3.40. The minimum Gasteiger partial charge on any atom is -0.489 e. The van der Waals surface area contributed by atoms with Crippen LogP contribution in [0, 0.1) is 0 Å². The van der Waals surface area contributed by atoms with E-state index in [4.69, 9.17) is 9.47 Å². The minimum absolute atomic E-state index is 0.150. The van der Waals surface area contributed by atoms with Crippen LogP contribution in [0.2, 0.25) is 0 Å². The van der Waals surface area contributed by atoms with Crippen LogP contribution in [0.15, 0.2) is 113 Å². The van der Waals surface area contributed by atoms with E-state index in [0.29, 0.717) is 36.0 Å². The zero-order valence-electron chi connectivity index (χ0n) is 20.7. The van der Waals surface area contributed by atoms with E-state index in [0.717, 1.165) is 20.5 Å². The Morgan fingerprint density at radius 3 is 1.87 bits per heavy atom. The molecule has 39 heavy (non-hydrogen) atoms. The number of halogens is 1. The number of imide groups is 2. The van der Waals surface area contributed by atoms with E-state index >= 15 is 0 Å². The van der Waals surface area contributed by atoms with E-state index in [9.17, 15) is 14.4 Å². The smallest absolute Gasteiger partial charge is 0.335 e. The molecule has 4 aromatic carbocycles. The number of hydrogen-bond donors (Lipinski definition) is 1. The molecule has 1 aliphatic heterocycles. The molecule has 0 bridgehead atoms. The number of rotatable bonds is 8. The van der Waals surface area contributed by atoms with Crippen LogP contribution >= 0.6 is 15.9 Å². The number of anilines is 1. The maximum absolute atomic E-state index is 13.2. The number of benzene rings is 4. The van der Waals surface area contributed by atoms with E-state index < -0.39 is 17.8 Å². The van der Waals surface area contributed by atoms with Crippen molar-refractivity contribution in [2.24, 2.45) is 0 Å². The highest BCUT2D eigenvalue weighted by Gasteiger charge is 2.36. The fourth-order valence-corrected chi connectivity index (χ4v) is 4.16. The second kappa shape index (κ2) is 11.8. The summed E-state index contributed by atoms with van der Waals surface area (Å²) in [4.78, 5) is 39.2. The van der Waals surface area contributed by atoms with Crippen LogP contribution in [0.4, 0.5) is 10.5 Å². The fourth-order valence-electron chi connectivity index (χ4n) is 3.90. The summed E-state index contributed by atoms with van der Waals surface area (Å²) in [5, 5.41) is 2.24. The van der Waals surface area contributed by atoms with Gasteiger partial charge in [0.25, 0.3) is 11.8 Å². The maximum Gasteiger partial charge on any atom is 0.335 e. The Morgan fingerprint density at radius 2 is 1.26 bits per heavy atom. The molecule has 0 radical (unpaired) electrons. The van der Waals surface area contributed by atoms with Crippen molar-refractivity contribution in [2.45, 2.75) is 13.2 Å². The minimum atomic E-state index is -0.810. The third-order valence-corrected chi connectivity index (χ3v) is 6.48. The first kappa shape index (κ1) is 25.9. The van der Waals surface area contributed by atoms with Gasteiger partial charge in [0, 0.05) is 4.47 Å². The summed E-state index contributed by atoms with van der Waals surface area (Å²) < 4.78 is 12.6. The van der Waals surface area contributed by atoms with Crippen molar-refractivity contribution in [2.75, 3.05) is 4.90 Å². The van der Waals surface area contributed by atoms with Gasteiger partial charge >= 0.3 is 6.03 Å². The Bertz CT molecular complexity index is 1520. The lowest BCUT2D eigenvalue weighted by Gasteiger charge is -2.26. The standard InChI is InChI=1S/C31H23BrN2O5/c32-24-10-6-23(7-11-24)20-39-27-16-12-25(13-17-27)34-30(36)28(29(35)33-31(34)37)18-21-8-14-26(15-9-21)38-19-22-4-2-1-3-5-22/h1-18H,19-20H2,(H,33,35,37)/b28-18+. The second-order valence-corrected chi connectivity index (χ2v) is 9.63. The molecule has 194 valence electrons. The first-order chi connectivity index (χ1) is 19.0. The van der Waals surface area contributed by atoms with E-state index in [1.54, 1.807) is 48.5 Å². The van der Waals surface area contributed by atoms with Gasteiger partial charge in [0.1, 0.15) is 30.3 Å². The van der Waals surface area contributed by atoms with Gasteiger partial charge in [-0.1, -0.05) is 70.5 Å². The molecule has 1 aliphatic rings. The van der Waals surface area contributed by atoms with Gasteiger partial charge in [-0.3, -0.25) is 14.9 Å². The van der Waals surface area contributed by atoms with Crippen LogP contribution < -0.4 is 19.7 Å². The SMILES string of the molecule is O=C1NC(=O)N(c2ccc(OCc3ccc(Br)cc3)cc2)C(=O)/C1=C/c1ccc(OCc2ccccc2)cc1. The normalized spacial score (nSPS) is 14.3. The lowest BCUT2D eigenvalue weighted by molar-refractivity contribution is -0.122. The highest BCUT2D eigenvalue weighted by atomic mass is 79.9. The molecule has 0 unspecified atom stereocenters. The van der Waals surface area contributed by atoms with Gasteiger partial charge < -0.3 is 9.47 Å². The molecule has 1 fully saturated rings. The summed E-state index contributed by atoms with van der Waals surface area (Å²) in [6, 6.07) is 30.3. The molecule has 4 aromatic rings. The molecular formula is C31H23BrN2O5. The fraction of sp³-hybridized carbons (Fsp3) is 0.0645. The van der Waals surface area contributed by atoms with Crippen molar-refractivity contribution in [3.63, 3.8) is 0 Å². The Labute approximate surface area is 233 Å². The van der Waals surface area contributed by atoms with Crippen LogP contribution in [-0.2, 0) is 22.8 Å². The number of barbiturate groups is 1. The average molecular weight is 583 g/mol. The topological polar surface area (TPSA) is 84.9 Å². The Balaban J connectivity index is 1.26. The molecule has 0 aliphatic carbocycles. The van der Waals surface area contributed by atoms with Crippen LogP contribution in [-0.4, -0.2) is 17.8 Å². The first-order valence-electron chi connectivity index (χ1n) is 12.1. The lowest BCUT2D eigenvalue weighted by Crippen LogP contribution is -2.54. The van der Waals surface area contributed by atoms with Gasteiger partial charge in [-0.2, -0.15) is 0 Å². The molecule has 5 rings (SSSR count). The maximum atomic E-state index is 13.2. The zero-order chi connectivity index (χ0) is 27.2. The third-order valence-electron chi connectivity index (χ3n) is 5.95. The zero-order valence-corrected chi connectivity index (χ0v) is 22.3. The Morgan fingerprint density at radius 1 is 0.692 bits per heavy atom. The number of ether oxygens (including phenoxy) is 2. The van der Waals surface area contributed by atoms with E-state index in [1.165, 1.54) is 6.08 Å². The second-order valence-electron chi connectivity index (χ2n) is 8.71. The van der Waals surface area contributed by atoms with Gasteiger partial charge in [-0.25, -0.2) is 9.69 Å². The van der Waals surface area contributed by atoms with Crippen molar-refractivity contribution in [3.8, 4) is 11.5 Å². The van der Waals surface area contributed by atoms with Crippen molar-refractivity contribution in [1.29, 1.82) is 0 Å². The summed E-state index contributed by atoms with van der Waals surface area (Å²) in [5.41, 5.74) is 2.82. The van der Waals surface area contributed by atoms with Gasteiger partial charge in [0.05, 0.1) is 5.69 Å². The molecule has 0 saturated carbocycles. The van der Waals surface area contributed by atoms with Crippen molar-refractivity contribution >= 4 is 45.5 Å². The summed E-state index contributed by atoms with van der Waals surface area (Å²) in [7, 11) is 0. The van der Waals surface area contributed by atoms with E-state index in [1.807, 2.05) is 54.6 Å². The van der Waals surface area contributed by atoms with Crippen LogP contribution in [0.5, 0.6) is 11.5 Å². The molecule has 0 aromatic heterocycles. The van der Waals surface area contributed by atoms with Crippen LogP contribution in [0.1, 0.15) is 16.7 Å². The number of hydrogen-bond acceptors (Lipinski definition) is 5. The first-order valence-corrected chi connectivity index (χ1v) is 12.9. The summed E-state index contributed by atoms with van der Waals surface area (Å²) in [6.45, 7) is 0.792. The molecule has 1 saturated heterocycles. The number of carbonyl (C=O) groups is 3. The molecule has 4 amide bonds. The van der Waals surface area contributed by atoms with Crippen LogP contribution in [0.3, 0.4) is 0 Å². The number of nitrogens with zero attached hydrogens (tertiary/aromatic N) is 1. The summed E-state index contributed by atoms with van der Waals surface area (Å²) in [6.07, 6.45) is 1.45. The molecule has 0 spiro atoms. The monoisotopic (exact) mass is 582 g/mol. The molecule has 1 heterocycles. The van der Waals surface area contributed by atoms with E-state index in [2.05, 4.69) is 21.2 Å². The quantitative estimate of drug-likeness (QED) is 0.195. The largest absolute Gasteiger partial charge is 0.489 e. The average Bonchev–Trinajstić information content (AvgIpc) is 2.95. The highest BCUT2D eigenvalue weighted by molar-refractivity contribution is 9.10. The third kappa shape index (κ3) is 6.42. The van der Waals surface area contributed by atoms with Gasteiger partial charge in [-0.05, 0) is 71.3 Å². The van der Waals surface area contributed by atoms with Crippen molar-refractivity contribution < 1.29 is 23.9 Å². The van der Waals surface area contributed by atoms with E-state index in [-0.39, 0.29) is 5.57 Å². The Kier molecular flexibility index (Phi) is 7.84. The number of carbonyl (C=O) groups excluding carboxylic acids is 3. The van der Waals surface area contributed by atoms with Gasteiger partial charge in [-0.15, -0.1) is 0 Å². The predicted molar refractivity (Wildman–Crippen MR) is 151 cm³/mol.